The average Bonchev–Trinajstić information content (AvgIpc) is 2.50. The number of hydrogen-bond donors (Lipinski definition) is 1. The van der Waals surface area contributed by atoms with Crippen LogP contribution < -0.4 is 5.32 Å². The lowest BCUT2D eigenvalue weighted by atomic mass is 10.7. The standard InChI is InChI=1S/C6H9N3O4S2/c1-15(12,13)3-2-7-6-8-4-5(14-6)9(10)11/h4H,2-3H2,1H3,(H,7,8). The van der Waals surface area contributed by atoms with Crippen molar-refractivity contribution in [2.45, 2.75) is 0 Å². The third-order valence-corrected chi connectivity index (χ3v) is 3.27. The van der Waals surface area contributed by atoms with E-state index in [1.165, 1.54) is 0 Å². The van der Waals surface area contributed by atoms with Crippen LogP contribution in [-0.2, 0) is 9.84 Å². The second-order valence-corrected chi connectivity index (χ2v) is 6.09. The maximum absolute atomic E-state index is 10.8. The first kappa shape index (κ1) is 11.9. The Morgan fingerprint density at radius 3 is 2.80 bits per heavy atom. The normalized spacial score (nSPS) is 11.3. The minimum atomic E-state index is -3.02. The van der Waals surface area contributed by atoms with Crippen molar-refractivity contribution in [3.05, 3.63) is 16.3 Å². The monoisotopic (exact) mass is 251 g/mol. The van der Waals surface area contributed by atoms with Gasteiger partial charge < -0.3 is 5.32 Å². The lowest BCUT2D eigenvalue weighted by Crippen LogP contribution is -2.13. The molecule has 0 atom stereocenters. The molecule has 1 aromatic rings. The van der Waals surface area contributed by atoms with Crippen molar-refractivity contribution >= 4 is 31.3 Å². The van der Waals surface area contributed by atoms with E-state index in [-0.39, 0.29) is 17.3 Å². The van der Waals surface area contributed by atoms with E-state index in [2.05, 4.69) is 10.3 Å². The third kappa shape index (κ3) is 4.21. The molecule has 0 amide bonds. The van der Waals surface area contributed by atoms with Gasteiger partial charge in [-0.3, -0.25) is 10.1 Å². The first-order valence-electron chi connectivity index (χ1n) is 3.90. The molecule has 0 radical (unpaired) electrons. The zero-order valence-electron chi connectivity index (χ0n) is 7.84. The molecule has 1 rings (SSSR count). The number of nitrogens with one attached hydrogen (secondary N) is 1. The topological polar surface area (TPSA) is 102 Å². The fraction of sp³-hybridized carbons (Fsp3) is 0.500. The van der Waals surface area contributed by atoms with Crippen molar-refractivity contribution in [3.8, 4) is 0 Å². The van der Waals surface area contributed by atoms with Crippen molar-refractivity contribution in [1.82, 2.24) is 4.98 Å². The Hall–Kier alpha value is -1.22. The van der Waals surface area contributed by atoms with Crippen LogP contribution in [0.1, 0.15) is 0 Å². The minimum Gasteiger partial charge on any atom is -0.360 e. The summed E-state index contributed by atoms with van der Waals surface area (Å²) in [6, 6.07) is 0. The van der Waals surface area contributed by atoms with E-state index >= 15 is 0 Å². The Labute approximate surface area is 90.2 Å². The Kier molecular flexibility index (Phi) is 3.58. The number of thiazole rings is 1. The molecular formula is C6H9N3O4S2. The summed E-state index contributed by atoms with van der Waals surface area (Å²) in [5, 5.41) is 13.3. The van der Waals surface area contributed by atoms with Crippen molar-refractivity contribution in [3.63, 3.8) is 0 Å². The molecule has 0 fully saturated rings. The smallest absolute Gasteiger partial charge is 0.345 e. The van der Waals surface area contributed by atoms with E-state index in [1.807, 2.05) is 0 Å². The van der Waals surface area contributed by atoms with Gasteiger partial charge in [0.25, 0.3) is 0 Å². The van der Waals surface area contributed by atoms with E-state index < -0.39 is 14.8 Å². The highest BCUT2D eigenvalue weighted by Crippen LogP contribution is 2.24. The highest BCUT2D eigenvalue weighted by Gasteiger charge is 2.11. The number of rotatable bonds is 5. The van der Waals surface area contributed by atoms with Gasteiger partial charge in [-0.1, -0.05) is 0 Å². The van der Waals surface area contributed by atoms with Gasteiger partial charge in [-0.15, -0.1) is 0 Å². The van der Waals surface area contributed by atoms with Gasteiger partial charge in [-0.2, -0.15) is 0 Å². The van der Waals surface area contributed by atoms with Crippen LogP contribution in [0.4, 0.5) is 10.1 Å². The quantitative estimate of drug-likeness (QED) is 0.604. The fourth-order valence-electron chi connectivity index (χ4n) is 0.775. The van der Waals surface area contributed by atoms with Crippen LogP contribution in [0.15, 0.2) is 6.20 Å². The summed E-state index contributed by atoms with van der Waals surface area (Å²) in [6.07, 6.45) is 2.26. The minimum absolute atomic E-state index is 0.0274. The SMILES string of the molecule is CS(=O)(=O)CCNc1ncc([N+](=O)[O-])s1. The summed E-state index contributed by atoms with van der Waals surface area (Å²) in [6.45, 7) is 0.198. The Balaban J connectivity index is 2.48. The molecule has 1 heterocycles. The first-order valence-corrected chi connectivity index (χ1v) is 6.78. The molecule has 0 aliphatic carbocycles. The summed E-state index contributed by atoms with van der Waals surface area (Å²) in [5.74, 6) is -0.0274. The first-order chi connectivity index (χ1) is 6.88. The van der Waals surface area contributed by atoms with Gasteiger partial charge in [0.1, 0.15) is 16.0 Å². The van der Waals surface area contributed by atoms with Crippen molar-refractivity contribution in [2.75, 3.05) is 23.9 Å². The molecule has 15 heavy (non-hydrogen) atoms. The average molecular weight is 251 g/mol. The van der Waals surface area contributed by atoms with Crippen LogP contribution in [0.25, 0.3) is 0 Å². The molecule has 0 spiro atoms. The molecule has 1 N–H and O–H groups in total. The van der Waals surface area contributed by atoms with Crippen molar-refractivity contribution in [2.24, 2.45) is 0 Å². The number of hydrogen-bond acceptors (Lipinski definition) is 7. The lowest BCUT2D eigenvalue weighted by molar-refractivity contribution is -0.380. The van der Waals surface area contributed by atoms with E-state index in [0.29, 0.717) is 5.13 Å². The van der Waals surface area contributed by atoms with Gasteiger partial charge in [0, 0.05) is 12.8 Å². The number of nitro groups is 1. The Bertz CT molecular complexity index is 453. The largest absolute Gasteiger partial charge is 0.360 e. The number of anilines is 1. The Morgan fingerprint density at radius 1 is 1.67 bits per heavy atom. The summed E-state index contributed by atoms with van der Waals surface area (Å²) < 4.78 is 21.5. The van der Waals surface area contributed by atoms with Crippen LogP contribution in [0, 0.1) is 10.1 Å². The molecule has 84 valence electrons. The summed E-state index contributed by atoms with van der Waals surface area (Å²) in [7, 11) is -3.02. The molecule has 0 aliphatic heterocycles. The van der Waals surface area contributed by atoms with Crippen LogP contribution in [0.3, 0.4) is 0 Å². The molecule has 0 saturated carbocycles. The maximum Gasteiger partial charge on any atom is 0.345 e. The predicted octanol–water partition coefficient (Wildman–Crippen LogP) is 0.508. The van der Waals surface area contributed by atoms with Crippen molar-refractivity contribution < 1.29 is 13.3 Å². The zero-order chi connectivity index (χ0) is 11.5. The highest BCUT2D eigenvalue weighted by atomic mass is 32.2. The highest BCUT2D eigenvalue weighted by molar-refractivity contribution is 7.90. The van der Waals surface area contributed by atoms with Gasteiger partial charge in [0.2, 0.25) is 0 Å². The second kappa shape index (κ2) is 4.53. The second-order valence-electron chi connectivity index (χ2n) is 2.82. The molecule has 0 saturated heterocycles. The summed E-state index contributed by atoms with van der Waals surface area (Å²) in [4.78, 5) is 13.5. The summed E-state index contributed by atoms with van der Waals surface area (Å²) in [5.41, 5.74) is 0. The van der Waals surface area contributed by atoms with Gasteiger partial charge in [0.05, 0.1) is 10.7 Å². The lowest BCUT2D eigenvalue weighted by Gasteiger charge is -1.99. The van der Waals surface area contributed by atoms with Crippen LogP contribution in [0.5, 0.6) is 0 Å². The van der Waals surface area contributed by atoms with Crippen LogP contribution in [-0.4, -0.2) is 36.9 Å². The number of nitrogens with zero attached hydrogens (tertiary/aromatic N) is 2. The van der Waals surface area contributed by atoms with Crippen LogP contribution >= 0.6 is 11.3 Å². The van der Waals surface area contributed by atoms with Crippen LogP contribution in [0.2, 0.25) is 0 Å². The molecule has 0 bridgehead atoms. The molecule has 9 heteroatoms. The maximum atomic E-state index is 10.8. The molecule has 7 nitrogen and oxygen atoms in total. The molecule has 0 aliphatic rings. The van der Waals surface area contributed by atoms with Gasteiger partial charge in [-0.05, 0) is 11.3 Å². The van der Waals surface area contributed by atoms with Gasteiger partial charge in [0.15, 0.2) is 5.13 Å². The molecule has 0 aromatic carbocycles. The van der Waals surface area contributed by atoms with E-state index in [1.54, 1.807) is 0 Å². The third-order valence-electron chi connectivity index (χ3n) is 1.42. The van der Waals surface area contributed by atoms with Gasteiger partial charge in [-0.25, -0.2) is 13.4 Å². The molecule has 0 unspecified atom stereocenters. The number of sulfone groups is 1. The van der Waals surface area contributed by atoms with E-state index in [4.69, 9.17) is 0 Å². The van der Waals surface area contributed by atoms with Gasteiger partial charge >= 0.3 is 5.00 Å². The van der Waals surface area contributed by atoms with Crippen molar-refractivity contribution in [1.29, 1.82) is 0 Å². The zero-order valence-corrected chi connectivity index (χ0v) is 9.47. The number of aromatic nitrogens is 1. The summed E-state index contributed by atoms with van der Waals surface area (Å²) >= 11 is 0.875. The predicted molar refractivity (Wildman–Crippen MR) is 57.0 cm³/mol. The molecule has 1 aromatic heterocycles. The Morgan fingerprint density at radius 2 is 2.33 bits per heavy atom. The van der Waals surface area contributed by atoms with E-state index in [9.17, 15) is 18.5 Å². The molecular weight excluding hydrogens is 242 g/mol. The fourth-order valence-corrected chi connectivity index (χ4v) is 1.91. The van der Waals surface area contributed by atoms with E-state index in [0.717, 1.165) is 23.8 Å².